The number of hydrogen-bond donors (Lipinski definition) is 0. The number of benzene rings is 1. The largest absolute Gasteiger partial charge is 0.416 e. The highest BCUT2D eigenvalue weighted by molar-refractivity contribution is 5.97. The summed E-state index contributed by atoms with van der Waals surface area (Å²) in [4.78, 5) is 12.4. The number of carbonyl (C=O) groups excluding carboxylic acids is 1. The van der Waals surface area contributed by atoms with Gasteiger partial charge in [0.25, 0.3) is 0 Å². The maximum Gasteiger partial charge on any atom is 0.416 e. The van der Waals surface area contributed by atoms with Crippen LogP contribution in [0.15, 0.2) is 18.2 Å². The van der Waals surface area contributed by atoms with Crippen LogP contribution in [0.3, 0.4) is 0 Å². The third-order valence-corrected chi connectivity index (χ3v) is 5.19. The van der Waals surface area contributed by atoms with E-state index in [1.165, 1.54) is 25.3 Å². The molecule has 3 rings (SSSR count). The number of rotatable bonds is 3. The van der Waals surface area contributed by atoms with Gasteiger partial charge in [0, 0.05) is 12.0 Å². The second-order valence-electron chi connectivity index (χ2n) is 6.59. The highest BCUT2D eigenvalue weighted by Gasteiger charge is 2.40. The van der Waals surface area contributed by atoms with Crippen molar-refractivity contribution in [1.82, 2.24) is 0 Å². The lowest BCUT2D eigenvalue weighted by Crippen LogP contribution is -2.16. The minimum absolute atomic E-state index is 0.00113. The molecule has 3 atom stereocenters. The first-order chi connectivity index (χ1) is 9.84. The van der Waals surface area contributed by atoms with E-state index < -0.39 is 11.7 Å². The number of halogens is 3. The van der Waals surface area contributed by atoms with Gasteiger partial charge in [0.15, 0.2) is 5.78 Å². The summed E-state index contributed by atoms with van der Waals surface area (Å²) >= 11 is 0. The Morgan fingerprint density at radius 2 is 2.00 bits per heavy atom. The number of ketones is 1. The van der Waals surface area contributed by atoms with Gasteiger partial charge in [0.05, 0.1) is 5.56 Å². The predicted octanol–water partition coefficient (Wildman–Crippen LogP) is 5.02. The molecule has 0 spiro atoms. The molecule has 0 radical (unpaired) electrons. The van der Waals surface area contributed by atoms with Crippen molar-refractivity contribution in [2.24, 2.45) is 17.8 Å². The third-order valence-electron chi connectivity index (χ3n) is 5.19. The molecule has 1 aromatic carbocycles. The van der Waals surface area contributed by atoms with Crippen molar-refractivity contribution in [1.29, 1.82) is 0 Å². The molecule has 0 heterocycles. The van der Waals surface area contributed by atoms with E-state index in [2.05, 4.69) is 0 Å². The average molecular weight is 296 g/mol. The summed E-state index contributed by atoms with van der Waals surface area (Å²) < 4.78 is 37.9. The van der Waals surface area contributed by atoms with Gasteiger partial charge in [-0.25, -0.2) is 0 Å². The van der Waals surface area contributed by atoms with Crippen LogP contribution in [0.1, 0.15) is 53.6 Å². The Balaban J connectivity index is 1.73. The number of Topliss-reactive ketones (excluding diaryl/α,β-unsaturated/α-hetero) is 1. The van der Waals surface area contributed by atoms with Gasteiger partial charge in [-0.3, -0.25) is 4.79 Å². The zero-order valence-electron chi connectivity index (χ0n) is 12.0. The highest BCUT2D eigenvalue weighted by atomic mass is 19.4. The van der Waals surface area contributed by atoms with E-state index in [0.29, 0.717) is 29.4 Å². The molecular weight excluding hydrogens is 277 g/mol. The molecule has 0 N–H and O–H groups in total. The second kappa shape index (κ2) is 5.15. The lowest BCUT2D eigenvalue weighted by molar-refractivity contribution is -0.137. The molecule has 2 aliphatic carbocycles. The van der Waals surface area contributed by atoms with Crippen LogP contribution >= 0.6 is 0 Å². The van der Waals surface area contributed by atoms with Gasteiger partial charge in [-0.2, -0.15) is 13.2 Å². The Kier molecular flexibility index (Phi) is 3.58. The monoisotopic (exact) mass is 296 g/mol. The number of hydrogen-bond acceptors (Lipinski definition) is 1. The van der Waals surface area contributed by atoms with E-state index in [1.54, 1.807) is 6.92 Å². The summed E-state index contributed by atoms with van der Waals surface area (Å²) in [6.07, 6.45) is 1.01. The van der Waals surface area contributed by atoms with E-state index in [-0.39, 0.29) is 5.78 Å². The molecule has 0 aliphatic heterocycles. The van der Waals surface area contributed by atoms with Gasteiger partial charge in [-0.1, -0.05) is 12.5 Å². The zero-order valence-corrected chi connectivity index (χ0v) is 12.0. The summed E-state index contributed by atoms with van der Waals surface area (Å²) in [5.41, 5.74) is 0.195. The van der Waals surface area contributed by atoms with E-state index in [4.69, 9.17) is 0 Å². The van der Waals surface area contributed by atoms with Crippen LogP contribution in [-0.4, -0.2) is 5.78 Å². The summed E-state index contributed by atoms with van der Waals surface area (Å²) in [5, 5.41) is 0. The molecule has 2 aliphatic rings. The molecule has 2 bridgehead atoms. The van der Waals surface area contributed by atoms with Crippen molar-refractivity contribution >= 4 is 5.78 Å². The minimum Gasteiger partial charge on any atom is -0.294 e. The third kappa shape index (κ3) is 2.85. The van der Waals surface area contributed by atoms with Gasteiger partial charge in [0.2, 0.25) is 0 Å². The van der Waals surface area contributed by atoms with Gasteiger partial charge >= 0.3 is 6.18 Å². The van der Waals surface area contributed by atoms with Crippen molar-refractivity contribution in [3.05, 3.63) is 34.9 Å². The number of carbonyl (C=O) groups is 1. The molecule has 0 aromatic heterocycles. The lowest BCUT2D eigenvalue weighted by atomic mass is 9.83. The molecule has 2 fully saturated rings. The van der Waals surface area contributed by atoms with Crippen molar-refractivity contribution < 1.29 is 18.0 Å². The van der Waals surface area contributed by atoms with Gasteiger partial charge < -0.3 is 0 Å². The fourth-order valence-electron chi connectivity index (χ4n) is 4.13. The topological polar surface area (TPSA) is 17.1 Å². The van der Waals surface area contributed by atoms with Crippen LogP contribution in [0.5, 0.6) is 0 Å². The minimum atomic E-state index is -4.35. The molecular formula is C17H19F3O. The van der Waals surface area contributed by atoms with Crippen LogP contribution < -0.4 is 0 Å². The molecule has 0 amide bonds. The first kappa shape index (κ1) is 14.6. The number of alkyl halides is 3. The predicted molar refractivity (Wildman–Crippen MR) is 74.1 cm³/mol. The first-order valence-electron chi connectivity index (χ1n) is 7.55. The quantitative estimate of drug-likeness (QED) is 0.715. The normalized spacial score (nSPS) is 28.1. The summed E-state index contributed by atoms with van der Waals surface area (Å²) in [6.45, 7) is 1.59. The van der Waals surface area contributed by atoms with Crippen LogP contribution in [0.2, 0.25) is 0 Å². The van der Waals surface area contributed by atoms with Crippen LogP contribution in [0.25, 0.3) is 0 Å². The standard InChI is InChI=1S/C17H19F3O/c1-10-6-14(17(18,19)20)4-5-15(10)16(21)9-13-8-11-2-3-12(13)7-11/h4-6,11-13H,2-3,7-9H2,1H3. The Bertz CT molecular complexity index is 562. The first-order valence-corrected chi connectivity index (χ1v) is 7.55. The van der Waals surface area contributed by atoms with Crippen LogP contribution in [0.4, 0.5) is 13.2 Å². The second-order valence-corrected chi connectivity index (χ2v) is 6.59. The molecule has 21 heavy (non-hydrogen) atoms. The van der Waals surface area contributed by atoms with Crippen LogP contribution in [0, 0.1) is 24.7 Å². The number of aryl methyl sites for hydroxylation is 1. The Hall–Kier alpha value is -1.32. The van der Waals surface area contributed by atoms with Gasteiger partial charge in [-0.05, 0) is 61.6 Å². The molecule has 1 nitrogen and oxygen atoms in total. The summed E-state index contributed by atoms with van der Waals surface area (Å²) in [5.74, 6) is 1.88. The van der Waals surface area contributed by atoms with E-state index in [1.807, 2.05) is 0 Å². The van der Waals surface area contributed by atoms with Crippen molar-refractivity contribution in [2.75, 3.05) is 0 Å². The Morgan fingerprint density at radius 3 is 2.52 bits per heavy atom. The molecule has 114 valence electrons. The molecule has 0 saturated heterocycles. The molecule has 2 saturated carbocycles. The summed E-state index contributed by atoms with van der Waals surface area (Å²) in [6, 6.07) is 3.43. The van der Waals surface area contributed by atoms with Crippen molar-refractivity contribution in [3.8, 4) is 0 Å². The number of fused-ring (bicyclic) bond motifs is 2. The average Bonchev–Trinajstić information content (AvgIpc) is 2.99. The van der Waals surface area contributed by atoms with E-state index in [0.717, 1.165) is 24.5 Å². The zero-order chi connectivity index (χ0) is 15.2. The summed E-state index contributed by atoms with van der Waals surface area (Å²) in [7, 11) is 0. The highest BCUT2D eigenvalue weighted by Crippen LogP contribution is 2.49. The van der Waals surface area contributed by atoms with Gasteiger partial charge in [-0.15, -0.1) is 0 Å². The SMILES string of the molecule is Cc1cc(C(F)(F)F)ccc1C(=O)CC1CC2CCC1C2. The van der Waals surface area contributed by atoms with Crippen molar-refractivity contribution in [2.45, 2.75) is 45.2 Å². The Labute approximate surface area is 122 Å². The molecule has 4 heteroatoms. The Morgan fingerprint density at radius 1 is 1.24 bits per heavy atom. The smallest absolute Gasteiger partial charge is 0.294 e. The molecule has 1 aromatic rings. The molecule has 3 unspecified atom stereocenters. The maximum atomic E-state index is 12.6. The van der Waals surface area contributed by atoms with Gasteiger partial charge in [0.1, 0.15) is 0 Å². The maximum absolute atomic E-state index is 12.6. The fourth-order valence-corrected chi connectivity index (χ4v) is 4.13. The van der Waals surface area contributed by atoms with Crippen molar-refractivity contribution in [3.63, 3.8) is 0 Å². The van der Waals surface area contributed by atoms with E-state index >= 15 is 0 Å². The lowest BCUT2D eigenvalue weighted by Gasteiger charge is -2.21. The van der Waals surface area contributed by atoms with E-state index in [9.17, 15) is 18.0 Å². The fraction of sp³-hybridized carbons (Fsp3) is 0.588. The van der Waals surface area contributed by atoms with Crippen LogP contribution in [-0.2, 0) is 6.18 Å².